The van der Waals surface area contributed by atoms with Crippen LogP contribution in [-0.2, 0) is 22.6 Å². The van der Waals surface area contributed by atoms with Crippen LogP contribution >= 0.6 is 0 Å². The Labute approximate surface area is 198 Å². The van der Waals surface area contributed by atoms with Crippen molar-refractivity contribution in [1.82, 2.24) is 14.9 Å². The van der Waals surface area contributed by atoms with E-state index in [1.54, 1.807) is 22.8 Å². The first-order chi connectivity index (χ1) is 16.8. The van der Waals surface area contributed by atoms with Crippen molar-refractivity contribution in [3.8, 4) is 0 Å². The summed E-state index contributed by atoms with van der Waals surface area (Å²) in [6.45, 7) is -0.0553. The maximum absolute atomic E-state index is 14.0. The molecular weight excluding hydrogens is 461 g/mol. The number of nitrogens with zero attached hydrogens (tertiary/aromatic N) is 2. The average Bonchev–Trinajstić information content (AvgIpc) is 3.22. The van der Waals surface area contributed by atoms with Crippen LogP contribution in [0.25, 0.3) is 11.0 Å². The third-order valence-corrected chi connectivity index (χ3v) is 5.24. The number of carbonyl (C=O) groups excluding carboxylic acids is 2. The quantitative estimate of drug-likeness (QED) is 0.397. The number of ether oxygens (including phenoxy) is 1. The number of hydrogen-bond acceptors (Lipinski definition) is 4. The van der Waals surface area contributed by atoms with Crippen LogP contribution in [0.5, 0.6) is 0 Å². The summed E-state index contributed by atoms with van der Waals surface area (Å²) in [7, 11) is 1.38. The molecule has 0 unspecified atom stereocenters. The number of hydrogen-bond donors (Lipinski definition) is 2. The molecule has 1 aromatic heterocycles. The molecule has 4 aromatic rings. The molecule has 0 spiro atoms. The lowest BCUT2D eigenvalue weighted by Crippen LogP contribution is -2.25. The second-order valence-corrected chi connectivity index (χ2v) is 7.79. The number of anilines is 1. The van der Waals surface area contributed by atoms with Gasteiger partial charge in [-0.1, -0.05) is 18.2 Å². The van der Waals surface area contributed by atoms with Crippen LogP contribution in [0.1, 0.15) is 21.5 Å². The number of imidazole rings is 1. The van der Waals surface area contributed by atoms with Crippen molar-refractivity contribution >= 4 is 28.5 Å². The highest BCUT2D eigenvalue weighted by Crippen LogP contribution is 2.25. The van der Waals surface area contributed by atoms with E-state index in [-0.39, 0.29) is 30.1 Å². The number of fused-ring (bicyclic) bond motifs is 1. The highest BCUT2D eigenvalue weighted by molar-refractivity contribution is 6.07. The normalized spacial score (nSPS) is 11.0. The highest BCUT2D eigenvalue weighted by atomic mass is 19.1. The van der Waals surface area contributed by atoms with Crippen LogP contribution in [0, 0.1) is 17.5 Å². The van der Waals surface area contributed by atoms with Crippen LogP contribution in [0.4, 0.5) is 18.9 Å². The minimum absolute atomic E-state index is 0.111. The Morgan fingerprint density at radius 3 is 2.46 bits per heavy atom. The van der Waals surface area contributed by atoms with Gasteiger partial charge in [0.2, 0.25) is 5.91 Å². The molecule has 0 saturated heterocycles. The lowest BCUT2D eigenvalue weighted by Gasteiger charge is -2.13. The number of amides is 2. The monoisotopic (exact) mass is 482 g/mol. The van der Waals surface area contributed by atoms with Crippen LogP contribution in [0.15, 0.2) is 60.9 Å². The summed E-state index contributed by atoms with van der Waals surface area (Å²) in [5, 5.41) is 5.28. The molecule has 0 atom stereocenters. The summed E-state index contributed by atoms with van der Waals surface area (Å²) >= 11 is 0. The first kappa shape index (κ1) is 24.0. The first-order valence-electron chi connectivity index (χ1n) is 10.6. The van der Waals surface area contributed by atoms with E-state index < -0.39 is 23.4 Å². The predicted molar refractivity (Wildman–Crippen MR) is 123 cm³/mol. The number of nitrogens with one attached hydrogen (secondary N) is 2. The molecule has 10 heteroatoms. The van der Waals surface area contributed by atoms with Gasteiger partial charge in [-0.25, -0.2) is 18.2 Å². The molecule has 0 aliphatic rings. The Hall–Kier alpha value is -4.18. The van der Waals surface area contributed by atoms with Gasteiger partial charge < -0.3 is 19.9 Å². The Morgan fingerprint density at radius 2 is 1.74 bits per heavy atom. The molecule has 35 heavy (non-hydrogen) atoms. The summed E-state index contributed by atoms with van der Waals surface area (Å²) in [6, 6.07) is 12.1. The van der Waals surface area contributed by atoms with Gasteiger partial charge in [-0.15, -0.1) is 0 Å². The van der Waals surface area contributed by atoms with Crippen LogP contribution < -0.4 is 10.6 Å². The van der Waals surface area contributed by atoms with Crippen molar-refractivity contribution in [2.75, 3.05) is 19.0 Å². The molecule has 7 nitrogen and oxygen atoms in total. The summed E-state index contributed by atoms with van der Waals surface area (Å²) in [4.78, 5) is 29.6. The molecule has 0 aliphatic heterocycles. The Kier molecular flexibility index (Phi) is 7.11. The molecule has 0 aliphatic carbocycles. The van der Waals surface area contributed by atoms with E-state index >= 15 is 0 Å². The molecule has 0 saturated carbocycles. The van der Waals surface area contributed by atoms with Gasteiger partial charge in [-0.3, -0.25) is 9.59 Å². The fourth-order valence-corrected chi connectivity index (χ4v) is 3.62. The number of carbonyl (C=O) groups is 2. The average molecular weight is 482 g/mol. The fraction of sp³-hybridized carbons (Fsp3) is 0.160. The number of benzene rings is 3. The van der Waals surface area contributed by atoms with Gasteiger partial charge in [-0.2, -0.15) is 0 Å². The van der Waals surface area contributed by atoms with Crippen molar-refractivity contribution in [1.29, 1.82) is 0 Å². The molecule has 3 aromatic carbocycles. The number of halogens is 3. The predicted octanol–water partition coefficient (Wildman–Crippen LogP) is 4.02. The van der Waals surface area contributed by atoms with Crippen LogP contribution in [0.2, 0.25) is 0 Å². The lowest BCUT2D eigenvalue weighted by molar-refractivity contribution is -0.119. The van der Waals surface area contributed by atoms with Gasteiger partial charge >= 0.3 is 0 Å². The van der Waals surface area contributed by atoms with E-state index in [0.29, 0.717) is 23.3 Å². The van der Waals surface area contributed by atoms with E-state index in [0.717, 1.165) is 17.7 Å². The largest absolute Gasteiger partial charge is 0.375 e. The molecule has 4 rings (SSSR count). The summed E-state index contributed by atoms with van der Waals surface area (Å²) in [5.41, 5.74) is 2.29. The highest BCUT2D eigenvalue weighted by Gasteiger charge is 2.18. The summed E-state index contributed by atoms with van der Waals surface area (Å²) in [6.07, 6.45) is 1.53. The molecule has 180 valence electrons. The van der Waals surface area contributed by atoms with E-state index in [4.69, 9.17) is 4.74 Å². The lowest BCUT2D eigenvalue weighted by atomic mass is 10.1. The second-order valence-electron chi connectivity index (χ2n) is 7.79. The van der Waals surface area contributed by atoms with E-state index in [9.17, 15) is 22.8 Å². The van der Waals surface area contributed by atoms with Gasteiger partial charge in [0.1, 0.15) is 24.1 Å². The molecule has 0 radical (unpaired) electrons. The van der Waals surface area contributed by atoms with Gasteiger partial charge in [-0.05, 0) is 35.9 Å². The zero-order valence-electron chi connectivity index (χ0n) is 18.6. The zero-order valence-corrected chi connectivity index (χ0v) is 18.6. The van der Waals surface area contributed by atoms with Gasteiger partial charge in [0, 0.05) is 37.5 Å². The maximum Gasteiger partial charge on any atom is 0.253 e. The molecule has 1 heterocycles. The topological polar surface area (TPSA) is 85.2 Å². The van der Waals surface area contributed by atoms with Crippen LogP contribution in [0.3, 0.4) is 0 Å². The minimum atomic E-state index is -0.780. The zero-order chi connectivity index (χ0) is 24.9. The Morgan fingerprint density at radius 1 is 1.00 bits per heavy atom. The summed E-state index contributed by atoms with van der Waals surface area (Å²) < 4.78 is 47.1. The Bertz CT molecular complexity index is 1390. The van der Waals surface area contributed by atoms with Crippen molar-refractivity contribution in [2.24, 2.45) is 0 Å². The summed E-state index contributed by atoms with van der Waals surface area (Å²) in [5.74, 6) is -2.84. The molecular formula is C25H21F3N4O3. The van der Waals surface area contributed by atoms with Crippen molar-refractivity contribution < 1.29 is 27.5 Å². The smallest absolute Gasteiger partial charge is 0.253 e. The van der Waals surface area contributed by atoms with Gasteiger partial charge in [0.25, 0.3) is 5.91 Å². The molecule has 0 bridgehead atoms. The van der Waals surface area contributed by atoms with Crippen LogP contribution in [-0.4, -0.2) is 35.1 Å². The SMILES string of the molecule is COCC(=O)Nc1cc(C(=O)NCc2ccc(F)cc2F)c2c(c1)ncn2Cc1ccc(F)cc1. The maximum atomic E-state index is 14.0. The second kappa shape index (κ2) is 10.4. The van der Waals surface area contributed by atoms with E-state index in [1.165, 1.54) is 37.7 Å². The van der Waals surface area contributed by atoms with Crippen molar-refractivity contribution in [3.05, 3.63) is 95.1 Å². The number of aromatic nitrogens is 2. The van der Waals surface area contributed by atoms with E-state index in [2.05, 4.69) is 15.6 Å². The molecule has 0 fully saturated rings. The van der Waals surface area contributed by atoms with E-state index in [1.807, 2.05) is 0 Å². The van der Waals surface area contributed by atoms with Gasteiger partial charge in [0.15, 0.2) is 0 Å². The van der Waals surface area contributed by atoms with Crippen molar-refractivity contribution in [2.45, 2.75) is 13.1 Å². The standard InChI is InChI=1S/C25H21F3N4O3/c1-35-13-23(33)31-19-9-20(25(34)29-11-16-4-7-18(27)8-21(16)28)24-22(10-19)30-14-32(24)12-15-2-5-17(26)6-3-15/h2-10,14H,11-13H2,1H3,(H,29,34)(H,31,33). The molecule has 2 amide bonds. The number of rotatable bonds is 8. The number of methoxy groups -OCH3 is 1. The third kappa shape index (κ3) is 5.67. The Balaban J connectivity index is 1.68. The third-order valence-electron chi connectivity index (χ3n) is 5.24. The molecule has 2 N–H and O–H groups in total. The first-order valence-corrected chi connectivity index (χ1v) is 10.6. The minimum Gasteiger partial charge on any atom is -0.375 e. The van der Waals surface area contributed by atoms with Gasteiger partial charge in [0.05, 0.1) is 22.9 Å². The van der Waals surface area contributed by atoms with Crippen molar-refractivity contribution in [3.63, 3.8) is 0 Å². The fourth-order valence-electron chi connectivity index (χ4n) is 3.62.